The summed E-state index contributed by atoms with van der Waals surface area (Å²) in [4.78, 5) is 15.7. The van der Waals surface area contributed by atoms with Crippen molar-refractivity contribution in [2.45, 2.75) is 6.92 Å². The Kier molecular flexibility index (Phi) is 2.59. The Hall–Kier alpha value is -2.30. The van der Waals surface area contributed by atoms with Crippen LogP contribution in [0, 0.1) is 6.92 Å². The van der Waals surface area contributed by atoms with Crippen LogP contribution in [0.4, 0.5) is 11.7 Å². The third-order valence-electron chi connectivity index (χ3n) is 1.99. The summed E-state index contributed by atoms with van der Waals surface area (Å²) in [6.45, 7) is 1.78. The van der Waals surface area contributed by atoms with E-state index in [0.29, 0.717) is 16.9 Å². The van der Waals surface area contributed by atoms with Crippen LogP contribution in [0.3, 0.4) is 0 Å². The molecule has 1 aromatic carbocycles. The number of nitrogens with two attached hydrogens (primary N) is 1. The molecule has 1 amide bonds. The van der Waals surface area contributed by atoms with Gasteiger partial charge >= 0.3 is 6.01 Å². The number of carbonyl (C=O) groups excluding carboxylic acids is 1. The highest BCUT2D eigenvalue weighted by Gasteiger charge is 2.09. The van der Waals surface area contributed by atoms with Crippen molar-refractivity contribution in [2.24, 2.45) is 0 Å². The number of amides is 1. The Bertz CT molecular complexity index is 519. The smallest absolute Gasteiger partial charge is 0.301 e. The van der Waals surface area contributed by atoms with Crippen LogP contribution in [0.5, 0.6) is 0 Å². The predicted molar refractivity (Wildman–Crippen MR) is 60.0 cm³/mol. The van der Waals surface area contributed by atoms with Crippen LogP contribution < -0.4 is 11.1 Å². The molecular formula is C11H11N3O2. The van der Waals surface area contributed by atoms with Gasteiger partial charge in [-0.3, -0.25) is 10.1 Å². The van der Waals surface area contributed by atoms with Gasteiger partial charge in [-0.1, -0.05) is 6.07 Å². The zero-order valence-electron chi connectivity index (χ0n) is 8.73. The SMILES string of the molecule is Cc1coc(NC(=O)c2cccc(N)c2)n1. The molecule has 0 bridgehead atoms. The molecule has 5 nitrogen and oxygen atoms in total. The number of nitrogens with zero attached hydrogens (tertiary/aromatic N) is 1. The fraction of sp³-hybridized carbons (Fsp3) is 0.0909. The minimum absolute atomic E-state index is 0.185. The summed E-state index contributed by atoms with van der Waals surface area (Å²) >= 11 is 0. The van der Waals surface area contributed by atoms with E-state index in [2.05, 4.69) is 10.3 Å². The van der Waals surface area contributed by atoms with E-state index in [0.717, 1.165) is 0 Å². The summed E-state index contributed by atoms with van der Waals surface area (Å²) in [5, 5.41) is 2.53. The van der Waals surface area contributed by atoms with Gasteiger partial charge in [-0.25, -0.2) is 0 Å². The average Bonchev–Trinajstić information content (AvgIpc) is 2.64. The fourth-order valence-corrected chi connectivity index (χ4v) is 1.26. The lowest BCUT2D eigenvalue weighted by atomic mass is 10.2. The summed E-state index contributed by atoms with van der Waals surface area (Å²) in [5.41, 5.74) is 7.29. The van der Waals surface area contributed by atoms with Gasteiger partial charge in [0.15, 0.2) is 0 Å². The first-order valence-corrected chi connectivity index (χ1v) is 4.74. The summed E-state index contributed by atoms with van der Waals surface area (Å²) < 4.78 is 5.01. The minimum Gasteiger partial charge on any atom is -0.432 e. The van der Waals surface area contributed by atoms with E-state index in [1.807, 2.05) is 0 Å². The number of anilines is 2. The quantitative estimate of drug-likeness (QED) is 0.752. The van der Waals surface area contributed by atoms with E-state index >= 15 is 0 Å². The number of benzene rings is 1. The van der Waals surface area contributed by atoms with Gasteiger partial charge in [0.25, 0.3) is 5.91 Å². The second kappa shape index (κ2) is 4.06. The number of hydrogen-bond acceptors (Lipinski definition) is 4. The van der Waals surface area contributed by atoms with Crippen LogP contribution >= 0.6 is 0 Å². The zero-order chi connectivity index (χ0) is 11.5. The minimum atomic E-state index is -0.297. The summed E-state index contributed by atoms with van der Waals surface area (Å²) in [5.74, 6) is -0.297. The lowest BCUT2D eigenvalue weighted by Gasteiger charge is -2.01. The average molecular weight is 217 g/mol. The Morgan fingerprint density at radius 3 is 2.94 bits per heavy atom. The zero-order valence-corrected chi connectivity index (χ0v) is 8.73. The largest absolute Gasteiger partial charge is 0.432 e. The Morgan fingerprint density at radius 2 is 2.31 bits per heavy atom. The molecule has 1 aromatic heterocycles. The molecule has 0 aliphatic rings. The van der Waals surface area contributed by atoms with Crippen LogP contribution in [-0.2, 0) is 0 Å². The number of hydrogen-bond donors (Lipinski definition) is 2. The Labute approximate surface area is 92.3 Å². The van der Waals surface area contributed by atoms with Gasteiger partial charge in [0.2, 0.25) is 0 Å². The number of nitrogen functional groups attached to an aromatic ring is 1. The number of rotatable bonds is 2. The standard InChI is InChI=1S/C11H11N3O2/c1-7-6-16-11(13-7)14-10(15)8-3-2-4-9(12)5-8/h2-6H,12H2,1H3,(H,13,14,15). The van der Waals surface area contributed by atoms with Gasteiger partial charge in [0, 0.05) is 11.3 Å². The molecule has 2 aromatic rings. The molecule has 82 valence electrons. The van der Waals surface area contributed by atoms with E-state index in [-0.39, 0.29) is 11.9 Å². The van der Waals surface area contributed by atoms with Gasteiger partial charge < -0.3 is 10.2 Å². The van der Waals surface area contributed by atoms with Crippen LogP contribution in [0.15, 0.2) is 34.9 Å². The summed E-state index contributed by atoms with van der Waals surface area (Å²) in [6.07, 6.45) is 1.47. The van der Waals surface area contributed by atoms with Crippen molar-refractivity contribution in [1.29, 1.82) is 0 Å². The Balaban J connectivity index is 2.14. The summed E-state index contributed by atoms with van der Waals surface area (Å²) in [7, 11) is 0. The lowest BCUT2D eigenvalue weighted by molar-refractivity contribution is 0.102. The molecule has 0 fully saturated rings. The van der Waals surface area contributed by atoms with Crippen molar-refractivity contribution >= 4 is 17.6 Å². The third-order valence-corrected chi connectivity index (χ3v) is 1.99. The van der Waals surface area contributed by atoms with E-state index in [1.165, 1.54) is 6.26 Å². The highest BCUT2D eigenvalue weighted by Crippen LogP contribution is 2.11. The molecule has 5 heteroatoms. The first kappa shape index (κ1) is 10.2. The van der Waals surface area contributed by atoms with Gasteiger partial charge in [-0.15, -0.1) is 0 Å². The normalized spacial score (nSPS) is 10.1. The van der Waals surface area contributed by atoms with E-state index in [1.54, 1.807) is 31.2 Å². The summed E-state index contributed by atoms with van der Waals surface area (Å²) in [6, 6.07) is 6.87. The second-order valence-electron chi connectivity index (χ2n) is 3.37. The van der Waals surface area contributed by atoms with Crippen molar-refractivity contribution in [2.75, 3.05) is 11.1 Å². The molecule has 3 N–H and O–H groups in total. The Morgan fingerprint density at radius 1 is 1.50 bits per heavy atom. The second-order valence-corrected chi connectivity index (χ2v) is 3.37. The van der Waals surface area contributed by atoms with E-state index in [4.69, 9.17) is 10.2 Å². The fourth-order valence-electron chi connectivity index (χ4n) is 1.26. The van der Waals surface area contributed by atoms with Crippen molar-refractivity contribution < 1.29 is 9.21 Å². The molecular weight excluding hydrogens is 206 g/mol. The number of aryl methyl sites for hydroxylation is 1. The number of nitrogens with one attached hydrogen (secondary N) is 1. The highest BCUT2D eigenvalue weighted by atomic mass is 16.4. The van der Waals surface area contributed by atoms with Gasteiger partial charge in [0.1, 0.15) is 6.26 Å². The molecule has 0 atom stereocenters. The molecule has 0 aliphatic carbocycles. The maximum Gasteiger partial charge on any atom is 0.301 e. The van der Waals surface area contributed by atoms with Crippen molar-refractivity contribution in [3.8, 4) is 0 Å². The van der Waals surface area contributed by atoms with E-state index in [9.17, 15) is 4.79 Å². The predicted octanol–water partition coefficient (Wildman–Crippen LogP) is 1.82. The van der Waals surface area contributed by atoms with Gasteiger partial charge in [-0.05, 0) is 25.1 Å². The molecule has 0 saturated carbocycles. The maximum absolute atomic E-state index is 11.7. The van der Waals surface area contributed by atoms with Crippen molar-refractivity contribution in [3.05, 3.63) is 41.8 Å². The number of carbonyl (C=O) groups is 1. The van der Waals surface area contributed by atoms with Crippen LogP contribution in [0.2, 0.25) is 0 Å². The molecule has 2 rings (SSSR count). The molecule has 0 radical (unpaired) electrons. The van der Waals surface area contributed by atoms with Crippen LogP contribution in [0.25, 0.3) is 0 Å². The number of oxazole rings is 1. The molecule has 1 heterocycles. The van der Waals surface area contributed by atoms with E-state index < -0.39 is 0 Å². The van der Waals surface area contributed by atoms with Gasteiger partial charge in [0.05, 0.1) is 5.69 Å². The van der Waals surface area contributed by atoms with Crippen LogP contribution in [0.1, 0.15) is 16.1 Å². The topological polar surface area (TPSA) is 81.2 Å². The lowest BCUT2D eigenvalue weighted by Crippen LogP contribution is -2.12. The molecule has 0 spiro atoms. The first-order valence-electron chi connectivity index (χ1n) is 4.74. The molecule has 16 heavy (non-hydrogen) atoms. The highest BCUT2D eigenvalue weighted by molar-refractivity contribution is 6.03. The molecule has 0 unspecified atom stereocenters. The first-order chi connectivity index (χ1) is 7.65. The monoisotopic (exact) mass is 217 g/mol. The molecule has 0 saturated heterocycles. The van der Waals surface area contributed by atoms with Crippen LogP contribution in [-0.4, -0.2) is 10.9 Å². The maximum atomic E-state index is 11.7. The van der Waals surface area contributed by atoms with Crippen molar-refractivity contribution in [3.63, 3.8) is 0 Å². The third kappa shape index (κ3) is 2.20. The van der Waals surface area contributed by atoms with Gasteiger partial charge in [-0.2, -0.15) is 4.98 Å². The number of aromatic nitrogens is 1. The van der Waals surface area contributed by atoms with Crippen molar-refractivity contribution in [1.82, 2.24) is 4.98 Å². The molecule has 0 aliphatic heterocycles.